The molecule has 1 N–H and O–H groups in total. The van der Waals surface area contributed by atoms with Gasteiger partial charge in [-0.3, -0.25) is 0 Å². The fraction of sp³-hybridized carbons (Fsp3) is 0.433. The molecule has 2 unspecified atom stereocenters. The van der Waals surface area contributed by atoms with Crippen LogP contribution in [-0.4, -0.2) is 41.3 Å². The van der Waals surface area contributed by atoms with Crippen LogP contribution in [0.25, 0.3) is 21.5 Å². The van der Waals surface area contributed by atoms with Gasteiger partial charge in [0.2, 0.25) is 0 Å². The summed E-state index contributed by atoms with van der Waals surface area (Å²) in [4.78, 5) is 19.7. The molecule has 1 aliphatic carbocycles. The summed E-state index contributed by atoms with van der Waals surface area (Å²) in [7, 11) is 1.42. The van der Waals surface area contributed by atoms with Crippen molar-refractivity contribution in [1.82, 2.24) is 15.5 Å². The van der Waals surface area contributed by atoms with Crippen LogP contribution in [-0.2, 0) is 11.3 Å². The third-order valence-corrected chi connectivity index (χ3v) is 10.2. The number of fused-ring (bicyclic) bond motifs is 3. The van der Waals surface area contributed by atoms with E-state index < -0.39 is 0 Å². The number of piperidine rings is 1. The minimum atomic E-state index is -0.315. The number of carbonyl (C=O) groups excluding carboxylic acids is 1. The number of ether oxygens (including phenoxy) is 1. The molecule has 0 spiro atoms. The molecule has 40 heavy (non-hydrogen) atoms. The normalized spacial score (nSPS) is 22.3. The largest absolute Gasteiger partial charge is 0.465 e. The maximum absolute atomic E-state index is 12.1. The molecule has 0 amide bonds. The summed E-state index contributed by atoms with van der Waals surface area (Å²) in [5, 5.41) is 10.5. The summed E-state index contributed by atoms with van der Waals surface area (Å²) in [6.45, 7) is 2.68. The minimum absolute atomic E-state index is 0.315. The van der Waals surface area contributed by atoms with E-state index in [0.29, 0.717) is 46.2 Å². The second kappa shape index (κ2) is 10.3. The third-order valence-electron chi connectivity index (χ3n) is 8.58. The van der Waals surface area contributed by atoms with Crippen molar-refractivity contribution in [2.24, 2.45) is 0 Å². The number of rotatable bonds is 7. The molecule has 4 aromatic rings. The van der Waals surface area contributed by atoms with E-state index in [1.54, 1.807) is 11.3 Å². The zero-order valence-electron chi connectivity index (χ0n) is 22.4. The Morgan fingerprint density at radius 3 is 2.55 bits per heavy atom. The molecule has 10 heteroatoms. The molecule has 1 saturated carbocycles. The lowest BCUT2D eigenvalue weighted by Gasteiger charge is -2.39. The van der Waals surface area contributed by atoms with Gasteiger partial charge in [0.05, 0.1) is 32.9 Å². The molecule has 2 aromatic carbocycles. The van der Waals surface area contributed by atoms with Gasteiger partial charge >= 0.3 is 5.97 Å². The van der Waals surface area contributed by atoms with Gasteiger partial charge in [-0.15, -0.1) is 0 Å². The lowest BCUT2D eigenvalue weighted by atomic mass is 9.97. The summed E-state index contributed by atoms with van der Waals surface area (Å²) in [6, 6.07) is 10.6. The van der Waals surface area contributed by atoms with Crippen molar-refractivity contribution in [3.8, 4) is 11.3 Å². The number of halogens is 2. The number of esters is 1. The average molecular weight is 598 g/mol. The molecule has 2 saturated heterocycles. The summed E-state index contributed by atoms with van der Waals surface area (Å²) in [5.74, 6) is 1.08. The van der Waals surface area contributed by atoms with Gasteiger partial charge in [0, 0.05) is 41.7 Å². The van der Waals surface area contributed by atoms with E-state index in [9.17, 15) is 4.79 Å². The van der Waals surface area contributed by atoms with Gasteiger partial charge in [0.25, 0.3) is 0 Å². The molecule has 2 aromatic heterocycles. The Morgan fingerprint density at radius 1 is 1.15 bits per heavy atom. The molecule has 3 fully saturated rings. The SMILES string of the molecule is COC(=O)c1cc(C)c2nc(N3C4CCC3CC(NCc3c(-c5c(Cl)cccc5Cl)noc3C3CC3)C4)sc2c1. The summed E-state index contributed by atoms with van der Waals surface area (Å²) < 4.78 is 11.8. The van der Waals surface area contributed by atoms with Gasteiger partial charge in [-0.25, -0.2) is 9.78 Å². The maximum atomic E-state index is 12.1. The van der Waals surface area contributed by atoms with Crippen molar-refractivity contribution < 1.29 is 14.1 Å². The molecule has 2 atom stereocenters. The maximum Gasteiger partial charge on any atom is 0.337 e. The summed E-state index contributed by atoms with van der Waals surface area (Å²) in [5.41, 5.74) is 5.12. The molecule has 2 bridgehead atoms. The van der Waals surface area contributed by atoms with Gasteiger partial charge in [0.15, 0.2) is 5.13 Å². The second-order valence-corrected chi connectivity index (χ2v) is 13.0. The quantitative estimate of drug-likeness (QED) is 0.221. The van der Waals surface area contributed by atoms with E-state index in [2.05, 4.69) is 15.4 Å². The molecule has 0 radical (unpaired) electrons. The number of aryl methyl sites for hydroxylation is 1. The van der Waals surface area contributed by atoms with Crippen LogP contribution in [0.4, 0.5) is 5.13 Å². The Balaban J connectivity index is 1.10. The first-order valence-corrected chi connectivity index (χ1v) is 15.4. The number of hydrogen-bond acceptors (Lipinski definition) is 8. The molecule has 208 valence electrons. The molecular formula is C30H30Cl2N4O3S. The third kappa shape index (κ3) is 4.59. The summed E-state index contributed by atoms with van der Waals surface area (Å²) >= 11 is 14.8. The number of nitrogens with one attached hydrogen (secondary N) is 1. The standard InChI is InChI=1S/C30H30Cl2N4O3S/c1-15-10-17(29(37)38-2)11-24-26(15)34-30(40-24)36-19-8-9-20(36)13-18(12-19)33-14-21-27(35-39-28(21)16-6-7-16)25-22(31)4-3-5-23(25)32/h3-5,10-11,16,18-20,33H,6-9,12-14H2,1-2H3. The monoisotopic (exact) mass is 596 g/mol. The van der Waals surface area contributed by atoms with E-state index in [-0.39, 0.29) is 5.97 Å². The number of benzene rings is 2. The van der Waals surface area contributed by atoms with Crippen LogP contribution in [0.15, 0.2) is 34.9 Å². The van der Waals surface area contributed by atoms with E-state index in [4.69, 9.17) is 37.4 Å². The number of thiazole rings is 1. The molecule has 3 aliphatic rings. The highest BCUT2D eigenvalue weighted by molar-refractivity contribution is 7.22. The van der Waals surface area contributed by atoms with Gasteiger partial charge in [0.1, 0.15) is 11.5 Å². The van der Waals surface area contributed by atoms with Crippen LogP contribution < -0.4 is 10.2 Å². The van der Waals surface area contributed by atoms with Crippen molar-refractivity contribution in [2.45, 2.75) is 76.0 Å². The van der Waals surface area contributed by atoms with Crippen LogP contribution in [0.5, 0.6) is 0 Å². The molecule has 4 heterocycles. The minimum Gasteiger partial charge on any atom is -0.465 e. The zero-order valence-corrected chi connectivity index (χ0v) is 24.7. The van der Waals surface area contributed by atoms with E-state index in [1.165, 1.54) is 7.11 Å². The highest BCUT2D eigenvalue weighted by Crippen LogP contribution is 2.47. The highest BCUT2D eigenvalue weighted by atomic mass is 35.5. The first kappa shape index (κ1) is 26.3. The van der Waals surface area contributed by atoms with Gasteiger partial charge in [-0.2, -0.15) is 0 Å². The Kier molecular flexibility index (Phi) is 6.77. The fourth-order valence-corrected chi connectivity index (χ4v) is 8.32. The van der Waals surface area contributed by atoms with Crippen LogP contribution in [0.3, 0.4) is 0 Å². The zero-order chi connectivity index (χ0) is 27.5. The van der Waals surface area contributed by atoms with Gasteiger partial charge in [-0.05, 0) is 75.3 Å². The lowest BCUT2D eigenvalue weighted by Crippen LogP contribution is -2.49. The predicted molar refractivity (Wildman–Crippen MR) is 159 cm³/mol. The van der Waals surface area contributed by atoms with Crippen LogP contribution in [0.2, 0.25) is 10.0 Å². The van der Waals surface area contributed by atoms with Crippen molar-refractivity contribution >= 4 is 55.9 Å². The van der Waals surface area contributed by atoms with E-state index in [0.717, 1.165) is 82.0 Å². The number of aromatic nitrogens is 2. The number of anilines is 1. The summed E-state index contributed by atoms with van der Waals surface area (Å²) in [6.07, 6.45) is 6.67. The van der Waals surface area contributed by atoms with Crippen molar-refractivity contribution in [1.29, 1.82) is 0 Å². The second-order valence-electron chi connectivity index (χ2n) is 11.2. The topological polar surface area (TPSA) is 80.5 Å². The first-order chi connectivity index (χ1) is 19.4. The molecular weight excluding hydrogens is 567 g/mol. The number of methoxy groups -OCH3 is 1. The molecule has 2 aliphatic heterocycles. The van der Waals surface area contributed by atoms with Crippen molar-refractivity contribution in [2.75, 3.05) is 12.0 Å². The Morgan fingerprint density at radius 2 is 1.88 bits per heavy atom. The van der Waals surface area contributed by atoms with Crippen LogP contribution >= 0.6 is 34.5 Å². The van der Waals surface area contributed by atoms with E-state index >= 15 is 0 Å². The van der Waals surface area contributed by atoms with Crippen molar-refractivity contribution in [3.05, 3.63) is 62.8 Å². The van der Waals surface area contributed by atoms with Crippen molar-refractivity contribution in [3.63, 3.8) is 0 Å². The smallest absolute Gasteiger partial charge is 0.337 e. The molecule has 7 rings (SSSR count). The fourth-order valence-electron chi connectivity index (χ4n) is 6.51. The lowest BCUT2D eigenvalue weighted by molar-refractivity contribution is 0.0601. The molecule has 7 nitrogen and oxygen atoms in total. The first-order valence-electron chi connectivity index (χ1n) is 13.8. The highest BCUT2D eigenvalue weighted by Gasteiger charge is 2.42. The van der Waals surface area contributed by atoms with Crippen LogP contribution in [0.1, 0.15) is 71.7 Å². The number of hydrogen-bond donors (Lipinski definition) is 1. The predicted octanol–water partition coefficient (Wildman–Crippen LogP) is 7.52. The van der Waals surface area contributed by atoms with E-state index in [1.807, 2.05) is 37.3 Å². The van der Waals surface area contributed by atoms with Gasteiger partial charge < -0.3 is 19.5 Å². The Labute approximate surface area is 246 Å². The Hall–Kier alpha value is -2.65. The Bertz CT molecular complexity index is 1580. The number of carbonyl (C=O) groups is 1. The number of nitrogens with zero attached hydrogens (tertiary/aromatic N) is 3. The van der Waals surface area contributed by atoms with Gasteiger partial charge in [-0.1, -0.05) is 45.8 Å². The van der Waals surface area contributed by atoms with Crippen LogP contribution in [0, 0.1) is 6.92 Å². The average Bonchev–Trinajstić information content (AvgIpc) is 3.46.